The molecule has 0 spiro atoms. The normalized spacial score (nSPS) is 12.5. The summed E-state index contributed by atoms with van der Waals surface area (Å²) in [6.07, 6.45) is 0.134. The van der Waals surface area contributed by atoms with Gasteiger partial charge in [0.15, 0.2) is 11.9 Å². The highest BCUT2D eigenvalue weighted by molar-refractivity contribution is 6.01. The van der Waals surface area contributed by atoms with Crippen LogP contribution in [0.15, 0.2) is 84.9 Å². The molecule has 0 saturated carbocycles. The maximum atomic E-state index is 12.7. The number of amides is 2. The highest BCUT2D eigenvalue weighted by Gasteiger charge is 2.26. The Morgan fingerprint density at radius 3 is 2.22 bits per heavy atom. The number of anilines is 3. The molecule has 2 amide bonds. The van der Waals surface area contributed by atoms with Gasteiger partial charge in [-0.1, -0.05) is 24.3 Å². The van der Waals surface area contributed by atoms with Gasteiger partial charge in [0, 0.05) is 24.4 Å². The van der Waals surface area contributed by atoms with Crippen LogP contribution in [0.5, 0.6) is 5.75 Å². The highest BCUT2D eigenvalue weighted by Crippen LogP contribution is 2.27. The van der Waals surface area contributed by atoms with E-state index < -0.39 is 24.2 Å². The summed E-state index contributed by atoms with van der Waals surface area (Å²) in [6, 6.07) is 19.3. The molecule has 0 aliphatic heterocycles. The third kappa shape index (κ3) is 7.18. The summed E-state index contributed by atoms with van der Waals surface area (Å²) in [5.74, 6) is -0.503. The van der Waals surface area contributed by atoms with E-state index in [-0.39, 0.29) is 11.5 Å². The van der Waals surface area contributed by atoms with Crippen molar-refractivity contribution in [1.82, 2.24) is 0 Å². The number of phenols is 1. The van der Waals surface area contributed by atoms with E-state index in [0.717, 1.165) is 0 Å². The number of ether oxygens (including phenoxy) is 2. The predicted octanol–water partition coefficient (Wildman–Crippen LogP) is 4.68. The van der Waals surface area contributed by atoms with E-state index in [2.05, 4.69) is 10.6 Å². The molecule has 3 rings (SSSR count). The molecule has 0 aliphatic carbocycles. The largest absolute Gasteiger partial charge is 0.508 e. The van der Waals surface area contributed by atoms with Gasteiger partial charge in [-0.3, -0.25) is 14.9 Å². The fourth-order valence-electron chi connectivity index (χ4n) is 3.31. The first kappa shape index (κ1) is 26.0. The Balaban J connectivity index is 1.77. The Bertz CT molecular complexity index is 1240. The third-order valence-corrected chi connectivity index (χ3v) is 5.22. The average molecular weight is 490 g/mol. The minimum atomic E-state index is -0.960. The van der Waals surface area contributed by atoms with Crippen LogP contribution in [0.25, 0.3) is 0 Å². The molecule has 0 heterocycles. The van der Waals surface area contributed by atoms with Crippen molar-refractivity contribution in [2.24, 2.45) is 0 Å². The van der Waals surface area contributed by atoms with E-state index in [0.29, 0.717) is 28.2 Å². The lowest BCUT2D eigenvalue weighted by molar-refractivity contribution is -0.112. The molecular weight excluding hydrogens is 462 g/mol. The Labute approximate surface area is 208 Å². The zero-order valence-corrected chi connectivity index (χ0v) is 19.8. The first-order valence-electron chi connectivity index (χ1n) is 11.0. The Morgan fingerprint density at radius 1 is 0.944 bits per heavy atom. The smallest absolute Gasteiger partial charge is 0.412 e. The minimum absolute atomic E-state index is 0.0387. The zero-order valence-electron chi connectivity index (χ0n) is 19.8. The van der Waals surface area contributed by atoms with Gasteiger partial charge < -0.3 is 25.6 Å². The summed E-state index contributed by atoms with van der Waals surface area (Å²) >= 11 is 0. The van der Waals surface area contributed by atoms with E-state index in [1.54, 1.807) is 60.7 Å². The Kier molecular flexibility index (Phi) is 8.79. The van der Waals surface area contributed by atoms with Crippen molar-refractivity contribution < 1.29 is 29.0 Å². The molecule has 0 unspecified atom stereocenters. The van der Waals surface area contributed by atoms with Crippen molar-refractivity contribution >= 4 is 34.8 Å². The number of methoxy groups -OCH3 is 1. The first-order chi connectivity index (χ1) is 17.3. The van der Waals surface area contributed by atoms with Gasteiger partial charge in [-0.15, -0.1) is 0 Å². The van der Waals surface area contributed by atoms with Crippen LogP contribution < -0.4 is 16.4 Å². The molecule has 0 saturated heterocycles. The summed E-state index contributed by atoms with van der Waals surface area (Å²) in [6.45, 7) is 1.45. The molecule has 186 valence electrons. The molecule has 2 atom stereocenters. The van der Waals surface area contributed by atoms with Crippen molar-refractivity contribution in [3.63, 3.8) is 0 Å². The molecule has 0 aliphatic rings. The van der Waals surface area contributed by atoms with Gasteiger partial charge in [0.1, 0.15) is 11.9 Å². The van der Waals surface area contributed by atoms with Crippen LogP contribution in [0, 0.1) is 0 Å². The second kappa shape index (κ2) is 12.2. The highest BCUT2D eigenvalue weighted by atomic mass is 16.6. The molecule has 0 radical (unpaired) electrons. The van der Waals surface area contributed by atoms with E-state index in [4.69, 9.17) is 15.2 Å². The van der Waals surface area contributed by atoms with Gasteiger partial charge in [0.2, 0.25) is 5.91 Å². The van der Waals surface area contributed by atoms with Crippen LogP contribution in [-0.4, -0.2) is 36.1 Å². The van der Waals surface area contributed by atoms with Crippen molar-refractivity contribution in [3.8, 4) is 5.75 Å². The lowest BCUT2D eigenvalue weighted by Crippen LogP contribution is -2.27. The number of nitrogens with one attached hydrogen (secondary N) is 2. The summed E-state index contributed by atoms with van der Waals surface area (Å²) in [5.41, 5.74) is 8.21. The van der Waals surface area contributed by atoms with Crippen molar-refractivity contribution in [2.45, 2.75) is 19.1 Å². The number of Topliss-reactive ketones (excluding diaryl/α,β-unsaturated/α-hetero) is 1. The molecule has 9 heteroatoms. The molecule has 0 aromatic heterocycles. The van der Waals surface area contributed by atoms with Crippen molar-refractivity contribution in [1.29, 1.82) is 0 Å². The van der Waals surface area contributed by atoms with Crippen LogP contribution in [0.3, 0.4) is 0 Å². The van der Waals surface area contributed by atoms with Gasteiger partial charge in [0.25, 0.3) is 0 Å². The molecular formula is C27H27N3O6. The maximum Gasteiger partial charge on any atom is 0.412 e. The third-order valence-electron chi connectivity index (χ3n) is 5.22. The Morgan fingerprint density at radius 2 is 1.61 bits per heavy atom. The van der Waals surface area contributed by atoms with Crippen LogP contribution in [0.4, 0.5) is 21.9 Å². The van der Waals surface area contributed by atoms with Gasteiger partial charge in [-0.25, -0.2) is 4.79 Å². The van der Waals surface area contributed by atoms with Crippen LogP contribution in [0.1, 0.15) is 28.9 Å². The number of hydrogen-bond acceptors (Lipinski definition) is 7. The summed E-state index contributed by atoms with van der Waals surface area (Å²) < 4.78 is 11.2. The van der Waals surface area contributed by atoms with E-state index in [9.17, 15) is 19.5 Å². The standard InChI is InChI=1S/C27H27N3O6/c1-17(31)18-7-11-20(12-8-18)29-27(34)36-26(19-9-13-21(32)14-10-19)24(35-2)15-16-25(33)30-23-6-4-3-5-22(23)28/h3-16,24,26,32H,28H2,1-2H3,(H,29,34)(H,30,33)/b16-15+/t24-,26-/m1/s1. The topological polar surface area (TPSA) is 140 Å². The zero-order chi connectivity index (χ0) is 26.1. The summed E-state index contributed by atoms with van der Waals surface area (Å²) in [7, 11) is 1.41. The molecule has 0 fully saturated rings. The number of rotatable bonds is 9. The van der Waals surface area contributed by atoms with E-state index in [1.165, 1.54) is 38.3 Å². The number of ketones is 1. The molecule has 0 bridgehead atoms. The number of nitrogens with two attached hydrogens (primary N) is 1. The van der Waals surface area contributed by atoms with Crippen LogP contribution in [0.2, 0.25) is 0 Å². The fraction of sp³-hybridized carbons (Fsp3) is 0.148. The SMILES string of the molecule is CO[C@H](/C=C/C(=O)Nc1ccccc1N)[C@H](OC(=O)Nc1ccc(C(C)=O)cc1)c1ccc(O)cc1. The van der Waals surface area contributed by atoms with E-state index >= 15 is 0 Å². The number of para-hydroxylation sites is 2. The van der Waals surface area contributed by atoms with E-state index in [1.807, 2.05) is 0 Å². The number of aromatic hydroxyl groups is 1. The monoisotopic (exact) mass is 489 g/mol. The summed E-state index contributed by atoms with van der Waals surface area (Å²) in [5, 5.41) is 14.9. The van der Waals surface area contributed by atoms with Crippen LogP contribution >= 0.6 is 0 Å². The summed E-state index contributed by atoms with van der Waals surface area (Å²) in [4.78, 5) is 36.6. The van der Waals surface area contributed by atoms with Gasteiger partial charge >= 0.3 is 6.09 Å². The number of nitrogen functional groups attached to an aromatic ring is 1. The van der Waals surface area contributed by atoms with Crippen molar-refractivity contribution in [2.75, 3.05) is 23.5 Å². The second-order valence-electron chi connectivity index (χ2n) is 7.81. The lowest BCUT2D eigenvalue weighted by Gasteiger charge is -2.24. The lowest BCUT2D eigenvalue weighted by atomic mass is 10.0. The number of hydrogen-bond donors (Lipinski definition) is 4. The molecule has 3 aromatic rings. The molecule has 36 heavy (non-hydrogen) atoms. The molecule has 9 nitrogen and oxygen atoms in total. The number of carbonyl (C=O) groups is 3. The predicted molar refractivity (Wildman–Crippen MR) is 137 cm³/mol. The quantitative estimate of drug-likeness (QED) is 0.194. The second-order valence-corrected chi connectivity index (χ2v) is 7.81. The van der Waals surface area contributed by atoms with Crippen molar-refractivity contribution in [3.05, 3.63) is 96.1 Å². The first-order valence-corrected chi connectivity index (χ1v) is 11.0. The van der Waals surface area contributed by atoms with Crippen LogP contribution in [-0.2, 0) is 14.3 Å². The number of carbonyl (C=O) groups excluding carboxylic acids is 3. The Hall–Kier alpha value is -4.63. The molecule has 3 aromatic carbocycles. The fourth-order valence-corrected chi connectivity index (χ4v) is 3.31. The number of benzene rings is 3. The van der Waals surface area contributed by atoms with Gasteiger partial charge in [-0.2, -0.15) is 0 Å². The number of phenolic OH excluding ortho intramolecular Hbond substituents is 1. The maximum absolute atomic E-state index is 12.7. The minimum Gasteiger partial charge on any atom is -0.508 e. The van der Waals surface area contributed by atoms with Gasteiger partial charge in [0.05, 0.1) is 11.4 Å². The van der Waals surface area contributed by atoms with Gasteiger partial charge in [-0.05, 0) is 67.1 Å². The molecule has 5 N–H and O–H groups in total. The average Bonchev–Trinajstić information content (AvgIpc) is 2.86.